The van der Waals surface area contributed by atoms with E-state index >= 15 is 0 Å². The summed E-state index contributed by atoms with van der Waals surface area (Å²) >= 11 is 5.63. The lowest BCUT2D eigenvalue weighted by molar-refractivity contribution is -0.114. The van der Waals surface area contributed by atoms with Crippen molar-refractivity contribution in [1.82, 2.24) is 9.97 Å². The van der Waals surface area contributed by atoms with Gasteiger partial charge in [-0.25, -0.2) is 9.97 Å². The average Bonchev–Trinajstić information content (AvgIpc) is 2.42. The van der Waals surface area contributed by atoms with Crippen molar-refractivity contribution in [2.75, 3.05) is 10.6 Å². The van der Waals surface area contributed by atoms with Crippen LogP contribution in [0, 0.1) is 6.92 Å². The Bertz CT molecular complexity index is 686. The number of carbonyl (C=O) groups excluding carboxylic acids is 2. The van der Waals surface area contributed by atoms with Gasteiger partial charge in [0.05, 0.1) is 12.4 Å². The normalized spacial score (nSPS) is 10.0. The number of rotatable bonds is 3. The summed E-state index contributed by atoms with van der Waals surface area (Å²) in [6.07, 6.45) is 2.60. The minimum atomic E-state index is -0.401. The number of carbonyl (C=O) groups is 2. The lowest BCUT2D eigenvalue weighted by atomic mass is 10.1. The van der Waals surface area contributed by atoms with Crippen LogP contribution in [0.3, 0.4) is 0 Å². The zero-order valence-corrected chi connectivity index (χ0v) is 12.2. The molecule has 0 bridgehead atoms. The van der Waals surface area contributed by atoms with Gasteiger partial charge < -0.3 is 10.6 Å². The maximum atomic E-state index is 12.1. The number of aromatic nitrogens is 2. The fraction of sp³-hybridized carbons (Fsp3) is 0.143. The molecule has 0 saturated carbocycles. The lowest BCUT2D eigenvalue weighted by Gasteiger charge is -2.10. The highest BCUT2D eigenvalue weighted by Gasteiger charge is 2.10. The van der Waals surface area contributed by atoms with E-state index in [1.54, 1.807) is 18.2 Å². The molecule has 0 aliphatic carbocycles. The Morgan fingerprint density at radius 3 is 2.52 bits per heavy atom. The standard InChI is InChI=1S/C14H13ClN4O2/c1-8-3-4-10(18-9(2)20)5-11(8)19-14(21)12-6-17-13(15)7-16-12/h3-7H,1-2H3,(H,18,20)(H,19,21). The maximum absolute atomic E-state index is 12.1. The molecule has 0 aliphatic heterocycles. The second-order valence-electron chi connectivity index (χ2n) is 4.39. The lowest BCUT2D eigenvalue weighted by Crippen LogP contribution is -2.15. The first-order valence-electron chi connectivity index (χ1n) is 6.13. The Morgan fingerprint density at radius 1 is 1.14 bits per heavy atom. The molecule has 0 unspecified atom stereocenters. The third-order valence-corrected chi connectivity index (χ3v) is 2.85. The van der Waals surface area contributed by atoms with E-state index in [0.29, 0.717) is 11.4 Å². The van der Waals surface area contributed by atoms with Gasteiger partial charge in [0, 0.05) is 18.3 Å². The SMILES string of the molecule is CC(=O)Nc1ccc(C)c(NC(=O)c2cnc(Cl)cn2)c1. The number of anilines is 2. The van der Waals surface area contributed by atoms with E-state index in [1.165, 1.54) is 19.3 Å². The van der Waals surface area contributed by atoms with Crippen LogP contribution in [0.15, 0.2) is 30.6 Å². The van der Waals surface area contributed by atoms with Crippen LogP contribution in [0.5, 0.6) is 0 Å². The summed E-state index contributed by atoms with van der Waals surface area (Å²) in [5, 5.41) is 5.60. The molecule has 2 aromatic rings. The van der Waals surface area contributed by atoms with Gasteiger partial charge in [-0.15, -0.1) is 0 Å². The first-order chi connectivity index (χ1) is 9.95. The van der Waals surface area contributed by atoms with Crippen LogP contribution < -0.4 is 10.6 Å². The minimum absolute atomic E-state index is 0.156. The van der Waals surface area contributed by atoms with Crippen LogP contribution >= 0.6 is 11.6 Å². The van der Waals surface area contributed by atoms with Crippen molar-refractivity contribution in [2.45, 2.75) is 13.8 Å². The highest BCUT2D eigenvalue weighted by Crippen LogP contribution is 2.21. The molecule has 2 rings (SSSR count). The van der Waals surface area contributed by atoms with E-state index in [4.69, 9.17) is 11.6 Å². The van der Waals surface area contributed by atoms with Crippen LogP contribution in [-0.4, -0.2) is 21.8 Å². The molecule has 1 aromatic heterocycles. The summed E-state index contributed by atoms with van der Waals surface area (Å²) in [6.45, 7) is 3.27. The second-order valence-corrected chi connectivity index (χ2v) is 4.78. The molecule has 0 atom stereocenters. The molecular formula is C14H13ClN4O2. The van der Waals surface area contributed by atoms with Crippen molar-refractivity contribution in [3.8, 4) is 0 Å². The summed E-state index contributed by atoms with van der Waals surface area (Å²) < 4.78 is 0. The van der Waals surface area contributed by atoms with Crippen LogP contribution in [-0.2, 0) is 4.79 Å². The van der Waals surface area contributed by atoms with Gasteiger partial charge in [-0.3, -0.25) is 9.59 Å². The highest BCUT2D eigenvalue weighted by atomic mass is 35.5. The number of benzene rings is 1. The van der Waals surface area contributed by atoms with Gasteiger partial charge in [-0.2, -0.15) is 0 Å². The van der Waals surface area contributed by atoms with E-state index in [0.717, 1.165) is 5.56 Å². The average molecular weight is 305 g/mol. The monoisotopic (exact) mass is 304 g/mol. The quantitative estimate of drug-likeness (QED) is 0.913. The number of aryl methyl sites for hydroxylation is 1. The molecule has 0 spiro atoms. The van der Waals surface area contributed by atoms with Gasteiger partial charge in [0.2, 0.25) is 5.91 Å². The summed E-state index contributed by atoms with van der Waals surface area (Å²) in [4.78, 5) is 30.8. The summed E-state index contributed by atoms with van der Waals surface area (Å²) in [7, 11) is 0. The Kier molecular flexibility index (Phi) is 4.49. The molecule has 1 heterocycles. The third kappa shape index (κ3) is 4.00. The Balaban J connectivity index is 2.20. The second kappa shape index (κ2) is 6.32. The van der Waals surface area contributed by atoms with Gasteiger partial charge in [0.25, 0.3) is 5.91 Å². The van der Waals surface area contributed by atoms with Gasteiger partial charge in [-0.1, -0.05) is 17.7 Å². The Morgan fingerprint density at radius 2 is 1.90 bits per heavy atom. The van der Waals surface area contributed by atoms with Gasteiger partial charge in [-0.05, 0) is 24.6 Å². The fourth-order valence-electron chi connectivity index (χ4n) is 1.65. The predicted molar refractivity (Wildman–Crippen MR) is 80.5 cm³/mol. The Hall–Kier alpha value is -2.47. The first-order valence-corrected chi connectivity index (χ1v) is 6.50. The fourth-order valence-corrected chi connectivity index (χ4v) is 1.75. The van der Waals surface area contributed by atoms with E-state index in [9.17, 15) is 9.59 Å². The number of nitrogens with zero attached hydrogens (tertiary/aromatic N) is 2. The van der Waals surface area contributed by atoms with Crippen molar-refractivity contribution in [3.05, 3.63) is 47.0 Å². The van der Waals surface area contributed by atoms with Crippen molar-refractivity contribution in [3.63, 3.8) is 0 Å². The zero-order valence-electron chi connectivity index (χ0n) is 11.5. The van der Waals surface area contributed by atoms with Crippen LogP contribution in [0.25, 0.3) is 0 Å². The molecule has 21 heavy (non-hydrogen) atoms. The molecule has 0 radical (unpaired) electrons. The van der Waals surface area contributed by atoms with Gasteiger partial charge >= 0.3 is 0 Å². The van der Waals surface area contributed by atoms with Gasteiger partial charge in [0.15, 0.2) is 0 Å². The van der Waals surface area contributed by atoms with Gasteiger partial charge in [0.1, 0.15) is 10.8 Å². The van der Waals surface area contributed by atoms with E-state index in [-0.39, 0.29) is 16.8 Å². The molecule has 0 saturated heterocycles. The number of halogens is 1. The molecule has 2 amide bonds. The maximum Gasteiger partial charge on any atom is 0.275 e. The molecule has 2 N–H and O–H groups in total. The predicted octanol–water partition coefficient (Wildman–Crippen LogP) is 2.65. The highest BCUT2D eigenvalue weighted by molar-refractivity contribution is 6.29. The van der Waals surface area contributed by atoms with E-state index in [2.05, 4.69) is 20.6 Å². The third-order valence-electron chi connectivity index (χ3n) is 2.66. The van der Waals surface area contributed by atoms with E-state index in [1.807, 2.05) is 6.92 Å². The van der Waals surface area contributed by atoms with Crippen LogP contribution in [0.4, 0.5) is 11.4 Å². The topological polar surface area (TPSA) is 84.0 Å². The Labute approximate surface area is 126 Å². The van der Waals surface area contributed by atoms with Crippen LogP contribution in [0.2, 0.25) is 5.15 Å². The smallest absolute Gasteiger partial charge is 0.275 e. The molecule has 108 valence electrons. The molecule has 0 aliphatic rings. The summed E-state index contributed by atoms with van der Waals surface area (Å²) in [5.41, 5.74) is 2.21. The number of amides is 2. The number of nitrogens with one attached hydrogen (secondary N) is 2. The molecule has 6 nitrogen and oxygen atoms in total. The molecular weight excluding hydrogens is 292 g/mol. The van der Waals surface area contributed by atoms with Crippen molar-refractivity contribution in [2.24, 2.45) is 0 Å². The molecule has 0 fully saturated rings. The minimum Gasteiger partial charge on any atom is -0.326 e. The summed E-state index contributed by atoms with van der Waals surface area (Å²) in [5.74, 6) is -0.582. The summed E-state index contributed by atoms with van der Waals surface area (Å²) in [6, 6.07) is 5.24. The molecule has 7 heteroatoms. The van der Waals surface area contributed by atoms with Crippen molar-refractivity contribution in [1.29, 1.82) is 0 Å². The van der Waals surface area contributed by atoms with Crippen molar-refractivity contribution >= 4 is 34.8 Å². The zero-order chi connectivity index (χ0) is 15.4. The van der Waals surface area contributed by atoms with Crippen LogP contribution in [0.1, 0.15) is 23.0 Å². The first kappa shape index (κ1) is 14.9. The van der Waals surface area contributed by atoms with Crippen molar-refractivity contribution < 1.29 is 9.59 Å². The van der Waals surface area contributed by atoms with E-state index < -0.39 is 5.91 Å². The molecule has 1 aromatic carbocycles. The number of hydrogen-bond donors (Lipinski definition) is 2. The largest absolute Gasteiger partial charge is 0.326 e. The number of hydrogen-bond acceptors (Lipinski definition) is 4.